The average Bonchev–Trinajstić information content (AvgIpc) is 2.62. The number of amides is 1. The lowest BCUT2D eigenvalue weighted by molar-refractivity contribution is -0.115. The number of hydrogen-bond donors (Lipinski definition) is 2. The number of carbonyl (C=O) groups excluding carboxylic acids is 1. The first kappa shape index (κ1) is 16.7. The molecule has 1 heterocycles. The highest BCUT2D eigenvalue weighted by Crippen LogP contribution is 2.38. The monoisotopic (exact) mass is 341 g/mol. The Kier molecular flexibility index (Phi) is 4.52. The van der Waals surface area contributed by atoms with Crippen molar-refractivity contribution in [1.29, 1.82) is 0 Å². The average molecular weight is 341 g/mol. The van der Waals surface area contributed by atoms with E-state index in [1.807, 2.05) is 0 Å². The van der Waals surface area contributed by atoms with Gasteiger partial charge in [-0.25, -0.2) is 0 Å². The van der Waals surface area contributed by atoms with Crippen molar-refractivity contribution >= 4 is 18.2 Å². The molecular formula is C19H19NO5. The summed E-state index contributed by atoms with van der Waals surface area (Å²) in [6.45, 7) is 0.526. The summed E-state index contributed by atoms with van der Waals surface area (Å²) >= 11 is 0. The van der Waals surface area contributed by atoms with Crippen LogP contribution in [0.25, 0.3) is 11.8 Å². The number of carbonyl (C=O) groups is 1. The second-order valence-corrected chi connectivity index (χ2v) is 5.69. The van der Waals surface area contributed by atoms with Crippen LogP contribution in [0.3, 0.4) is 0 Å². The van der Waals surface area contributed by atoms with Gasteiger partial charge in [0.25, 0.3) is 0 Å². The molecule has 3 rings (SSSR count). The molecule has 0 unspecified atom stereocenters. The number of nitrogens with zero attached hydrogens (tertiary/aromatic N) is 1. The third-order valence-electron chi connectivity index (χ3n) is 4.25. The van der Waals surface area contributed by atoms with Crippen LogP contribution in [0.4, 0.5) is 0 Å². The standard InChI is InChI=1S/C19H19NO5/c1-24-18-4-3-12(8-16(18)22)7-15-14-10-17(23)19(25-2)9-13(14)5-6-20(15)11-21/h3-4,7-11,22-23H,5-6H2,1-2H3/b15-7+. The highest BCUT2D eigenvalue weighted by molar-refractivity contribution is 5.88. The number of phenols is 2. The predicted molar refractivity (Wildman–Crippen MR) is 93.7 cm³/mol. The van der Waals surface area contributed by atoms with Gasteiger partial charge in [0.2, 0.25) is 6.41 Å². The van der Waals surface area contributed by atoms with E-state index < -0.39 is 0 Å². The summed E-state index contributed by atoms with van der Waals surface area (Å²) in [6.07, 6.45) is 3.22. The number of phenolic OH excluding ortho intramolecular Hbond substituents is 2. The minimum absolute atomic E-state index is 0.0116. The van der Waals surface area contributed by atoms with Gasteiger partial charge in [0, 0.05) is 12.1 Å². The topological polar surface area (TPSA) is 79.2 Å². The number of aromatic hydroxyl groups is 2. The fourth-order valence-electron chi connectivity index (χ4n) is 2.96. The van der Waals surface area contributed by atoms with Crippen molar-refractivity contribution in [3.05, 3.63) is 47.0 Å². The van der Waals surface area contributed by atoms with Crippen LogP contribution in [0.2, 0.25) is 0 Å². The first-order chi connectivity index (χ1) is 12.1. The number of ether oxygens (including phenoxy) is 2. The molecule has 0 radical (unpaired) electrons. The zero-order chi connectivity index (χ0) is 18.0. The fraction of sp³-hybridized carbons (Fsp3) is 0.211. The molecule has 2 aromatic carbocycles. The summed E-state index contributed by atoms with van der Waals surface area (Å²) in [5.74, 6) is 0.807. The lowest BCUT2D eigenvalue weighted by atomic mass is 9.94. The Hall–Kier alpha value is -3.15. The minimum atomic E-state index is 0.0116. The molecule has 0 bridgehead atoms. The number of benzene rings is 2. The Morgan fingerprint density at radius 3 is 2.40 bits per heavy atom. The van der Waals surface area contributed by atoms with Gasteiger partial charge in [-0.15, -0.1) is 0 Å². The number of hydrogen-bond acceptors (Lipinski definition) is 5. The van der Waals surface area contributed by atoms with E-state index in [1.165, 1.54) is 14.2 Å². The molecule has 6 heteroatoms. The van der Waals surface area contributed by atoms with Crippen LogP contribution in [-0.2, 0) is 11.2 Å². The molecule has 0 saturated heterocycles. The lowest BCUT2D eigenvalue weighted by Gasteiger charge is -2.29. The van der Waals surface area contributed by atoms with Crippen molar-refractivity contribution < 1.29 is 24.5 Å². The molecule has 1 amide bonds. The zero-order valence-corrected chi connectivity index (χ0v) is 14.0. The molecule has 0 atom stereocenters. The summed E-state index contributed by atoms with van der Waals surface area (Å²) < 4.78 is 10.2. The molecule has 0 fully saturated rings. The summed E-state index contributed by atoms with van der Waals surface area (Å²) in [5, 5.41) is 20.1. The van der Waals surface area contributed by atoms with Crippen LogP contribution >= 0.6 is 0 Å². The molecule has 2 aromatic rings. The SMILES string of the molecule is COc1ccc(/C=C2\c3cc(O)c(OC)cc3CCN2C=O)cc1O. The Bertz CT molecular complexity index is 844. The van der Waals surface area contributed by atoms with Gasteiger partial charge in [0.15, 0.2) is 23.0 Å². The van der Waals surface area contributed by atoms with E-state index in [0.717, 1.165) is 17.5 Å². The Labute approximate surface area is 145 Å². The van der Waals surface area contributed by atoms with Crippen LogP contribution in [-0.4, -0.2) is 42.3 Å². The van der Waals surface area contributed by atoms with Gasteiger partial charge in [-0.2, -0.15) is 0 Å². The second-order valence-electron chi connectivity index (χ2n) is 5.69. The molecule has 0 saturated carbocycles. The third kappa shape index (κ3) is 3.10. The van der Waals surface area contributed by atoms with Gasteiger partial charge in [0.1, 0.15) is 0 Å². The Morgan fingerprint density at radius 2 is 1.76 bits per heavy atom. The molecule has 130 valence electrons. The molecule has 25 heavy (non-hydrogen) atoms. The third-order valence-corrected chi connectivity index (χ3v) is 4.25. The summed E-state index contributed by atoms with van der Waals surface area (Å²) in [6, 6.07) is 8.38. The molecule has 1 aliphatic rings. The summed E-state index contributed by atoms with van der Waals surface area (Å²) in [5.41, 5.74) is 3.10. The number of fused-ring (bicyclic) bond motifs is 1. The molecule has 0 aromatic heterocycles. The molecule has 1 aliphatic heterocycles. The van der Waals surface area contributed by atoms with Gasteiger partial charge < -0.3 is 24.6 Å². The molecule has 2 N–H and O–H groups in total. The first-order valence-electron chi connectivity index (χ1n) is 7.78. The van der Waals surface area contributed by atoms with Crippen molar-refractivity contribution in [1.82, 2.24) is 4.90 Å². The smallest absolute Gasteiger partial charge is 0.214 e. The molecule has 6 nitrogen and oxygen atoms in total. The van der Waals surface area contributed by atoms with Gasteiger partial charge in [0.05, 0.1) is 19.9 Å². The minimum Gasteiger partial charge on any atom is -0.504 e. The highest BCUT2D eigenvalue weighted by atomic mass is 16.5. The fourth-order valence-corrected chi connectivity index (χ4v) is 2.96. The van der Waals surface area contributed by atoms with Crippen molar-refractivity contribution in [2.75, 3.05) is 20.8 Å². The van der Waals surface area contributed by atoms with Crippen LogP contribution in [0.1, 0.15) is 16.7 Å². The van der Waals surface area contributed by atoms with E-state index in [2.05, 4.69) is 0 Å². The van der Waals surface area contributed by atoms with E-state index in [0.29, 0.717) is 35.7 Å². The van der Waals surface area contributed by atoms with E-state index in [9.17, 15) is 15.0 Å². The number of rotatable bonds is 4. The first-order valence-corrected chi connectivity index (χ1v) is 7.78. The summed E-state index contributed by atoms with van der Waals surface area (Å²) in [4.78, 5) is 13.1. The van der Waals surface area contributed by atoms with Crippen molar-refractivity contribution in [3.63, 3.8) is 0 Å². The van der Waals surface area contributed by atoms with Crippen LogP contribution in [0, 0.1) is 0 Å². The van der Waals surface area contributed by atoms with Gasteiger partial charge in [-0.1, -0.05) is 6.07 Å². The van der Waals surface area contributed by atoms with Crippen LogP contribution < -0.4 is 9.47 Å². The summed E-state index contributed by atoms with van der Waals surface area (Å²) in [7, 11) is 2.98. The maximum atomic E-state index is 11.5. The molecule has 0 spiro atoms. The predicted octanol–water partition coefficient (Wildman–Crippen LogP) is 2.63. The van der Waals surface area contributed by atoms with Crippen molar-refractivity contribution in [2.24, 2.45) is 0 Å². The van der Waals surface area contributed by atoms with Crippen molar-refractivity contribution in [2.45, 2.75) is 6.42 Å². The molecule has 0 aliphatic carbocycles. The largest absolute Gasteiger partial charge is 0.504 e. The lowest BCUT2D eigenvalue weighted by Crippen LogP contribution is -2.28. The highest BCUT2D eigenvalue weighted by Gasteiger charge is 2.23. The van der Waals surface area contributed by atoms with Gasteiger partial charge >= 0.3 is 0 Å². The van der Waals surface area contributed by atoms with E-state index in [4.69, 9.17) is 9.47 Å². The van der Waals surface area contributed by atoms with E-state index in [-0.39, 0.29) is 11.5 Å². The number of methoxy groups -OCH3 is 2. The van der Waals surface area contributed by atoms with Crippen LogP contribution in [0.15, 0.2) is 30.3 Å². The Morgan fingerprint density at radius 1 is 1.04 bits per heavy atom. The Balaban J connectivity index is 2.11. The maximum Gasteiger partial charge on any atom is 0.214 e. The normalized spacial score (nSPS) is 15.0. The zero-order valence-electron chi connectivity index (χ0n) is 14.0. The van der Waals surface area contributed by atoms with Crippen LogP contribution in [0.5, 0.6) is 23.0 Å². The van der Waals surface area contributed by atoms with E-state index >= 15 is 0 Å². The van der Waals surface area contributed by atoms with Crippen molar-refractivity contribution in [3.8, 4) is 23.0 Å². The van der Waals surface area contributed by atoms with Gasteiger partial charge in [-0.05, 0) is 47.9 Å². The molecular weight excluding hydrogens is 322 g/mol. The maximum absolute atomic E-state index is 11.5. The van der Waals surface area contributed by atoms with Gasteiger partial charge in [-0.3, -0.25) is 4.79 Å². The van der Waals surface area contributed by atoms with E-state index in [1.54, 1.807) is 41.3 Å². The second kappa shape index (κ2) is 6.76. The quantitative estimate of drug-likeness (QED) is 0.836.